The molecule has 1 aliphatic carbocycles. The SMILES string of the molecule is NC(=N/C(=C\Cc1ccccc1)c1ccc(-c2ccccc2)cc1)n1c2ccc3oc(-c4ccccc4)nc3c2c2cccc(-n3c4c(c5ccccc53)CCC=C4)c21. The largest absolute Gasteiger partial charge is 0.436 e. The minimum Gasteiger partial charge on any atom is -0.436 e. The Hall–Kier alpha value is -7.70. The summed E-state index contributed by atoms with van der Waals surface area (Å²) in [4.78, 5) is 10.5. The summed E-state index contributed by atoms with van der Waals surface area (Å²) in [7, 11) is 0. The highest BCUT2D eigenvalue weighted by molar-refractivity contribution is 6.24. The first kappa shape index (κ1) is 34.5. The first-order chi connectivity index (χ1) is 29.2. The average Bonchev–Trinajstić information content (AvgIpc) is 3.99. The maximum absolute atomic E-state index is 7.42. The molecular formula is C53H39N5O. The van der Waals surface area contributed by atoms with E-state index < -0.39 is 0 Å². The highest BCUT2D eigenvalue weighted by atomic mass is 16.3. The number of hydrogen-bond acceptors (Lipinski definition) is 3. The van der Waals surface area contributed by atoms with E-state index in [0.29, 0.717) is 23.9 Å². The number of hydrogen-bond donors (Lipinski definition) is 1. The normalized spacial score (nSPS) is 13.2. The van der Waals surface area contributed by atoms with Gasteiger partial charge >= 0.3 is 0 Å². The smallest absolute Gasteiger partial charge is 0.227 e. The van der Waals surface area contributed by atoms with Crippen LogP contribution < -0.4 is 5.73 Å². The highest BCUT2D eigenvalue weighted by Crippen LogP contribution is 2.41. The van der Waals surface area contributed by atoms with Crippen molar-refractivity contribution in [3.63, 3.8) is 0 Å². The van der Waals surface area contributed by atoms with Crippen molar-refractivity contribution < 1.29 is 4.42 Å². The van der Waals surface area contributed by atoms with Gasteiger partial charge < -0.3 is 14.7 Å². The average molecular weight is 762 g/mol. The van der Waals surface area contributed by atoms with Crippen molar-refractivity contribution in [2.24, 2.45) is 10.7 Å². The van der Waals surface area contributed by atoms with Crippen molar-refractivity contribution in [3.05, 3.63) is 204 Å². The molecule has 0 amide bonds. The Morgan fingerprint density at radius 1 is 0.678 bits per heavy atom. The van der Waals surface area contributed by atoms with E-state index in [1.807, 2.05) is 48.5 Å². The quantitative estimate of drug-likeness (QED) is 0.130. The molecule has 1 aliphatic rings. The highest BCUT2D eigenvalue weighted by Gasteiger charge is 2.25. The van der Waals surface area contributed by atoms with Crippen LogP contribution in [0.15, 0.2) is 191 Å². The Morgan fingerprint density at radius 2 is 1.37 bits per heavy atom. The van der Waals surface area contributed by atoms with Crippen LogP contribution in [0.25, 0.3) is 83.9 Å². The molecule has 0 atom stereocenters. The molecular weight excluding hydrogens is 723 g/mol. The Labute approximate surface area is 341 Å². The van der Waals surface area contributed by atoms with Gasteiger partial charge in [-0.2, -0.15) is 0 Å². The molecule has 7 aromatic carbocycles. The minimum absolute atomic E-state index is 0.357. The van der Waals surface area contributed by atoms with Crippen LogP contribution in [0.4, 0.5) is 0 Å². The van der Waals surface area contributed by atoms with Crippen LogP contribution in [0.3, 0.4) is 0 Å². The van der Waals surface area contributed by atoms with E-state index in [0.717, 1.165) is 73.8 Å². The fourth-order valence-electron chi connectivity index (χ4n) is 8.79. The molecule has 282 valence electrons. The fourth-order valence-corrected chi connectivity index (χ4v) is 8.79. The van der Waals surface area contributed by atoms with E-state index in [9.17, 15) is 0 Å². The van der Waals surface area contributed by atoms with Crippen LogP contribution in [-0.4, -0.2) is 20.1 Å². The van der Waals surface area contributed by atoms with Crippen LogP contribution in [-0.2, 0) is 12.8 Å². The minimum atomic E-state index is 0.357. The van der Waals surface area contributed by atoms with Gasteiger partial charge in [0.25, 0.3) is 0 Å². The summed E-state index contributed by atoms with van der Waals surface area (Å²) in [5, 5.41) is 3.25. The topological polar surface area (TPSA) is 74.3 Å². The van der Waals surface area contributed by atoms with E-state index in [1.54, 1.807) is 0 Å². The third-order valence-corrected chi connectivity index (χ3v) is 11.5. The third kappa shape index (κ3) is 5.96. The number of aliphatic imine (C=N–C) groups is 1. The molecule has 6 nitrogen and oxygen atoms in total. The lowest BCUT2D eigenvalue weighted by molar-refractivity contribution is 0.620. The molecule has 0 unspecified atom stereocenters. The maximum atomic E-state index is 7.42. The van der Waals surface area contributed by atoms with E-state index in [1.165, 1.54) is 27.8 Å². The van der Waals surface area contributed by atoms with Crippen LogP contribution in [0.5, 0.6) is 0 Å². The van der Waals surface area contributed by atoms with Crippen LogP contribution in [0.1, 0.15) is 28.8 Å². The summed E-state index contributed by atoms with van der Waals surface area (Å²) < 4.78 is 11.0. The van der Waals surface area contributed by atoms with E-state index in [4.69, 9.17) is 20.1 Å². The predicted molar refractivity (Wildman–Crippen MR) is 244 cm³/mol. The monoisotopic (exact) mass is 761 g/mol. The van der Waals surface area contributed by atoms with Crippen molar-refractivity contribution in [2.75, 3.05) is 0 Å². The fraction of sp³-hybridized carbons (Fsp3) is 0.0566. The molecule has 6 heteroatoms. The van der Waals surface area contributed by atoms with Crippen molar-refractivity contribution in [1.82, 2.24) is 14.1 Å². The van der Waals surface area contributed by atoms with E-state index in [-0.39, 0.29) is 0 Å². The van der Waals surface area contributed by atoms with Gasteiger partial charge in [0.15, 0.2) is 5.58 Å². The second-order valence-electron chi connectivity index (χ2n) is 15.1. The summed E-state index contributed by atoms with van der Waals surface area (Å²) in [6, 6.07) is 58.9. The van der Waals surface area contributed by atoms with Crippen molar-refractivity contribution in [2.45, 2.75) is 19.3 Å². The standard InChI is InChI=1S/C53H39N5O/c54-53(55-43(32-27-35-15-4-1-5-16-35)38-30-28-37(29-31-38)36-17-6-2-7-18-36)58-46-33-34-48-50(56-52(59-48)39-19-8-3-9-20-39)49(46)42-23-14-26-47(51(42)58)57-44-24-12-10-21-40(44)41-22-11-13-25-45(41)57/h1-10,12-21,23-26,28-34H,11,22,27H2,(H2,54,55)/b43-32-. The number of para-hydroxylation sites is 2. The zero-order valence-electron chi connectivity index (χ0n) is 32.3. The maximum Gasteiger partial charge on any atom is 0.227 e. The number of aryl methyl sites for hydroxylation is 1. The second kappa shape index (κ2) is 14.4. The molecule has 0 radical (unpaired) electrons. The number of aromatic nitrogens is 3. The molecule has 3 heterocycles. The molecule has 0 bridgehead atoms. The number of nitrogens with two attached hydrogens (primary N) is 1. The van der Waals surface area contributed by atoms with Crippen LogP contribution in [0.2, 0.25) is 0 Å². The summed E-state index contributed by atoms with van der Waals surface area (Å²) in [5.41, 5.74) is 21.7. The Balaban J connectivity index is 1.17. The number of fused-ring (bicyclic) bond motifs is 8. The number of benzene rings is 7. The lowest BCUT2D eigenvalue weighted by atomic mass is 10.0. The number of allylic oxidation sites excluding steroid dienone is 2. The first-order valence-corrected chi connectivity index (χ1v) is 20.2. The Kier molecular flexibility index (Phi) is 8.40. The lowest BCUT2D eigenvalue weighted by Gasteiger charge is -2.16. The summed E-state index contributed by atoms with van der Waals surface area (Å²) in [5.74, 6) is 0.934. The predicted octanol–water partition coefficient (Wildman–Crippen LogP) is 12.6. The van der Waals surface area contributed by atoms with Gasteiger partial charge in [0, 0.05) is 27.4 Å². The molecule has 11 rings (SSSR count). The third-order valence-electron chi connectivity index (χ3n) is 11.5. The van der Waals surface area contributed by atoms with Crippen LogP contribution >= 0.6 is 0 Å². The lowest BCUT2D eigenvalue weighted by Crippen LogP contribution is -2.23. The summed E-state index contributed by atoms with van der Waals surface area (Å²) >= 11 is 0. The molecule has 0 saturated carbocycles. The summed E-state index contributed by atoms with van der Waals surface area (Å²) in [6.07, 6.45) is 9.43. The van der Waals surface area contributed by atoms with Gasteiger partial charge in [-0.3, -0.25) is 4.57 Å². The zero-order valence-corrected chi connectivity index (χ0v) is 32.3. The Morgan fingerprint density at radius 3 is 2.17 bits per heavy atom. The van der Waals surface area contributed by atoms with E-state index >= 15 is 0 Å². The molecule has 59 heavy (non-hydrogen) atoms. The van der Waals surface area contributed by atoms with Crippen molar-refractivity contribution >= 4 is 61.5 Å². The molecule has 3 aromatic heterocycles. The van der Waals surface area contributed by atoms with Gasteiger partial charge in [-0.05, 0) is 89.6 Å². The Bertz CT molecular complexity index is 3280. The summed E-state index contributed by atoms with van der Waals surface area (Å²) in [6.45, 7) is 0. The molecule has 0 fully saturated rings. The van der Waals surface area contributed by atoms with Crippen LogP contribution in [0, 0.1) is 0 Å². The van der Waals surface area contributed by atoms with Gasteiger partial charge in [0.2, 0.25) is 11.9 Å². The van der Waals surface area contributed by atoms with Gasteiger partial charge in [-0.25, -0.2) is 9.98 Å². The second-order valence-corrected chi connectivity index (χ2v) is 15.1. The number of oxazole rings is 1. The number of nitrogens with zero attached hydrogens (tertiary/aromatic N) is 4. The van der Waals surface area contributed by atoms with Gasteiger partial charge in [0.05, 0.1) is 27.9 Å². The number of rotatable bonds is 7. The zero-order chi connectivity index (χ0) is 39.3. The molecule has 0 saturated heterocycles. The molecule has 0 aliphatic heterocycles. The molecule has 10 aromatic rings. The van der Waals surface area contributed by atoms with Crippen molar-refractivity contribution in [3.8, 4) is 28.3 Å². The van der Waals surface area contributed by atoms with Gasteiger partial charge in [-0.15, -0.1) is 0 Å². The first-order valence-electron chi connectivity index (χ1n) is 20.2. The van der Waals surface area contributed by atoms with Crippen molar-refractivity contribution in [1.29, 1.82) is 0 Å². The molecule has 0 spiro atoms. The van der Waals surface area contributed by atoms with Gasteiger partial charge in [-0.1, -0.05) is 146 Å². The molecule has 2 N–H and O–H groups in total. The van der Waals surface area contributed by atoms with E-state index in [2.05, 4.69) is 149 Å². The van der Waals surface area contributed by atoms with Gasteiger partial charge in [0.1, 0.15) is 5.52 Å².